The Morgan fingerprint density at radius 3 is 2.47 bits per heavy atom. The number of carbonyl (C=O) groups excluding carboxylic acids is 1. The highest BCUT2D eigenvalue weighted by Crippen LogP contribution is 2.29. The molecule has 3 N–H and O–H groups in total. The molecule has 0 atom stereocenters. The molecule has 0 saturated heterocycles. The molecule has 11 heteroatoms. The first kappa shape index (κ1) is 21.0. The van der Waals surface area contributed by atoms with Crippen LogP contribution in [-0.4, -0.2) is 39.4 Å². The number of anilines is 3. The number of halogens is 3. The Bertz CT molecular complexity index is 1050. The largest absolute Gasteiger partial charge is 0.433 e. The number of primary amides is 1. The summed E-state index contributed by atoms with van der Waals surface area (Å²) in [6.07, 6.45) is -0.263. The summed E-state index contributed by atoms with van der Waals surface area (Å²) in [6, 6.07) is 6.05. The molecule has 2 aromatic heterocycles. The van der Waals surface area contributed by atoms with Crippen molar-refractivity contribution < 1.29 is 18.0 Å². The number of aryl methyl sites for hydroxylation is 1. The summed E-state index contributed by atoms with van der Waals surface area (Å²) in [5.74, 6) is -0.286. The quantitative estimate of drug-likeness (QED) is 0.635. The summed E-state index contributed by atoms with van der Waals surface area (Å²) in [5.41, 5.74) is 7.10. The van der Waals surface area contributed by atoms with Crippen molar-refractivity contribution >= 4 is 23.5 Å². The average Bonchev–Trinajstić information content (AvgIpc) is 2.67. The van der Waals surface area contributed by atoms with Crippen molar-refractivity contribution in [1.29, 1.82) is 0 Å². The number of likely N-dealkylation sites (N-methyl/N-ethyl adjacent to an activating group) is 1. The van der Waals surface area contributed by atoms with Crippen LogP contribution in [0.4, 0.5) is 30.8 Å². The van der Waals surface area contributed by atoms with Crippen LogP contribution in [0.3, 0.4) is 0 Å². The molecular formula is C19H18F3N7O. The Labute approximate surface area is 170 Å². The highest BCUT2D eigenvalue weighted by molar-refractivity contribution is 5.78. The summed E-state index contributed by atoms with van der Waals surface area (Å²) in [5, 5.41) is 2.77. The second-order valence-electron chi connectivity index (χ2n) is 6.51. The Hall–Kier alpha value is -3.76. The van der Waals surface area contributed by atoms with Crippen molar-refractivity contribution in [3.05, 3.63) is 54.1 Å². The van der Waals surface area contributed by atoms with Gasteiger partial charge >= 0.3 is 6.18 Å². The molecule has 0 saturated carbocycles. The first-order valence-electron chi connectivity index (χ1n) is 8.73. The number of hydrogen-bond acceptors (Lipinski definition) is 7. The lowest BCUT2D eigenvalue weighted by molar-refractivity contribution is -0.141. The van der Waals surface area contributed by atoms with Gasteiger partial charge < -0.3 is 16.0 Å². The lowest BCUT2D eigenvalue weighted by atomic mass is 10.0. The second kappa shape index (κ2) is 8.31. The third-order valence-corrected chi connectivity index (χ3v) is 4.11. The number of nitrogens with zero attached hydrogens (tertiary/aromatic N) is 5. The molecule has 2 heterocycles. The highest BCUT2D eigenvalue weighted by atomic mass is 19.4. The first-order valence-corrected chi connectivity index (χ1v) is 8.73. The number of hydrogen-bond donors (Lipinski definition) is 2. The zero-order chi connectivity index (χ0) is 21.9. The van der Waals surface area contributed by atoms with Crippen LogP contribution < -0.4 is 16.0 Å². The van der Waals surface area contributed by atoms with Gasteiger partial charge in [-0.15, -0.1) is 0 Å². The summed E-state index contributed by atoms with van der Waals surface area (Å²) in [6.45, 7) is 1.84. The number of nitrogens with two attached hydrogens (primary N) is 1. The van der Waals surface area contributed by atoms with E-state index in [1.165, 1.54) is 4.90 Å². The van der Waals surface area contributed by atoms with Gasteiger partial charge in [0.2, 0.25) is 17.8 Å². The summed E-state index contributed by atoms with van der Waals surface area (Å²) >= 11 is 0. The highest BCUT2D eigenvalue weighted by Gasteiger charge is 2.32. The Kier molecular flexibility index (Phi) is 5.81. The molecule has 8 nitrogen and oxygen atoms in total. The van der Waals surface area contributed by atoms with Gasteiger partial charge in [-0.1, -0.05) is 6.07 Å². The van der Waals surface area contributed by atoms with Gasteiger partial charge in [0, 0.05) is 36.9 Å². The van der Waals surface area contributed by atoms with Gasteiger partial charge in [-0.3, -0.25) is 4.79 Å². The van der Waals surface area contributed by atoms with E-state index in [1.54, 1.807) is 37.6 Å². The van der Waals surface area contributed by atoms with Gasteiger partial charge in [-0.05, 0) is 36.2 Å². The van der Waals surface area contributed by atoms with Crippen molar-refractivity contribution in [3.63, 3.8) is 0 Å². The van der Waals surface area contributed by atoms with Crippen LogP contribution in [0.25, 0.3) is 11.1 Å². The van der Waals surface area contributed by atoms with Gasteiger partial charge in [0.15, 0.2) is 0 Å². The number of carbonyl (C=O) groups is 1. The molecule has 0 aliphatic heterocycles. The molecule has 30 heavy (non-hydrogen) atoms. The molecule has 3 rings (SSSR count). The van der Waals surface area contributed by atoms with Crippen molar-refractivity contribution in [1.82, 2.24) is 19.9 Å². The third-order valence-electron chi connectivity index (χ3n) is 4.11. The summed E-state index contributed by atoms with van der Waals surface area (Å²) in [4.78, 5) is 28.3. The van der Waals surface area contributed by atoms with Crippen LogP contribution in [0.15, 0.2) is 42.9 Å². The summed E-state index contributed by atoms with van der Waals surface area (Å²) < 4.78 is 38.4. The van der Waals surface area contributed by atoms with E-state index in [2.05, 4.69) is 25.3 Å². The van der Waals surface area contributed by atoms with E-state index in [0.29, 0.717) is 11.6 Å². The van der Waals surface area contributed by atoms with Gasteiger partial charge in [0.1, 0.15) is 5.69 Å². The number of rotatable bonds is 6. The maximum Gasteiger partial charge on any atom is 0.433 e. The van der Waals surface area contributed by atoms with Gasteiger partial charge in [0.25, 0.3) is 0 Å². The Balaban J connectivity index is 1.78. The smallest absolute Gasteiger partial charge is 0.368 e. The lowest BCUT2D eigenvalue weighted by Crippen LogP contribution is -2.31. The predicted octanol–water partition coefficient (Wildman–Crippen LogP) is 2.93. The minimum absolute atomic E-state index is 0.00362. The molecule has 0 spiro atoms. The number of alkyl halides is 3. The standard InChI is InChI=1S/C19H18F3N7O/c1-11-7-13(27-17-24-6-5-15(28-17)19(20,21)22)3-4-14(11)12-8-25-18(26-9-12)29(2)10-16(23)30/h3-9H,10H2,1-2H3,(H2,23,30)(H,24,27,28). The second-order valence-corrected chi connectivity index (χ2v) is 6.51. The van der Waals surface area contributed by atoms with Crippen LogP contribution >= 0.6 is 0 Å². The molecule has 1 amide bonds. The van der Waals surface area contributed by atoms with E-state index in [4.69, 9.17) is 5.73 Å². The van der Waals surface area contributed by atoms with Gasteiger partial charge in [-0.2, -0.15) is 13.2 Å². The fraction of sp³-hybridized carbons (Fsp3) is 0.211. The zero-order valence-corrected chi connectivity index (χ0v) is 16.1. The fourth-order valence-electron chi connectivity index (χ4n) is 2.73. The fourth-order valence-corrected chi connectivity index (χ4v) is 2.73. The molecule has 0 fully saturated rings. The van der Waals surface area contributed by atoms with E-state index in [0.717, 1.165) is 29.0 Å². The zero-order valence-electron chi connectivity index (χ0n) is 16.1. The maximum atomic E-state index is 12.8. The number of benzene rings is 1. The van der Waals surface area contributed by atoms with Crippen LogP contribution in [0.1, 0.15) is 11.3 Å². The number of aromatic nitrogens is 4. The van der Waals surface area contributed by atoms with Crippen molar-refractivity contribution in [3.8, 4) is 11.1 Å². The normalized spacial score (nSPS) is 11.2. The maximum absolute atomic E-state index is 12.8. The molecule has 0 unspecified atom stereocenters. The van der Waals surface area contributed by atoms with Gasteiger partial charge in [-0.25, -0.2) is 19.9 Å². The lowest BCUT2D eigenvalue weighted by Gasteiger charge is -2.15. The van der Waals surface area contributed by atoms with Crippen LogP contribution in [0.2, 0.25) is 0 Å². The molecule has 0 radical (unpaired) electrons. The molecule has 0 aliphatic carbocycles. The minimum Gasteiger partial charge on any atom is -0.368 e. The Morgan fingerprint density at radius 1 is 1.17 bits per heavy atom. The van der Waals surface area contributed by atoms with E-state index < -0.39 is 17.8 Å². The van der Waals surface area contributed by atoms with Gasteiger partial charge in [0.05, 0.1) is 6.54 Å². The van der Waals surface area contributed by atoms with E-state index in [-0.39, 0.29) is 12.5 Å². The molecule has 3 aromatic rings. The monoisotopic (exact) mass is 417 g/mol. The first-order chi connectivity index (χ1) is 14.1. The number of amides is 1. The van der Waals surface area contributed by atoms with E-state index in [9.17, 15) is 18.0 Å². The molecule has 1 aromatic carbocycles. The van der Waals surface area contributed by atoms with Crippen molar-refractivity contribution in [2.45, 2.75) is 13.1 Å². The Morgan fingerprint density at radius 2 is 1.87 bits per heavy atom. The van der Waals surface area contributed by atoms with E-state index >= 15 is 0 Å². The van der Waals surface area contributed by atoms with Crippen molar-refractivity contribution in [2.24, 2.45) is 5.73 Å². The molecule has 0 aliphatic rings. The minimum atomic E-state index is -4.54. The average molecular weight is 417 g/mol. The molecule has 0 bridgehead atoms. The summed E-state index contributed by atoms with van der Waals surface area (Å²) in [7, 11) is 1.65. The third kappa shape index (κ3) is 4.99. The predicted molar refractivity (Wildman–Crippen MR) is 105 cm³/mol. The van der Waals surface area contributed by atoms with Crippen molar-refractivity contribution in [2.75, 3.05) is 23.8 Å². The van der Waals surface area contributed by atoms with Crippen LogP contribution in [0, 0.1) is 6.92 Å². The molecule has 156 valence electrons. The number of nitrogens with one attached hydrogen (secondary N) is 1. The molecular weight excluding hydrogens is 399 g/mol. The SMILES string of the molecule is Cc1cc(Nc2nccc(C(F)(F)F)n2)ccc1-c1cnc(N(C)CC(N)=O)nc1. The van der Waals surface area contributed by atoms with E-state index in [1.807, 2.05) is 6.92 Å². The topological polar surface area (TPSA) is 110 Å². The van der Waals surface area contributed by atoms with Crippen LogP contribution in [0.5, 0.6) is 0 Å². The van der Waals surface area contributed by atoms with Crippen LogP contribution in [-0.2, 0) is 11.0 Å².